The molecule has 1 amide bonds. The first-order chi connectivity index (χ1) is 10.7. The van der Waals surface area contributed by atoms with Gasteiger partial charge in [0, 0.05) is 11.3 Å². The van der Waals surface area contributed by atoms with E-state index in [1.807, 2.05) is 53.4 Å². The van der Waals surface area contributed by atoms with Gasteiger partial charge in [-0.05, 0) is 30.3 Å². The van der Waals surface area contributed by atoms with Gasteiger partial charge in [0.2, 0.25) is 5.91 Å². The summed E-state index contributed by atoms with van der Waals surface area (Å²) in [5, 5.41) is -0.0722. The number of anilines is 1. The molecule has 5 heteroatoms. The molecule has 0 spiro atoms. The van der Waals surface area contributed by atoms with Crippen molar-refractivity contribution in [1.82, 2.24) is 0 Å². The summed E-state index contributed by atoms with van der Waals surface area (Å²) < 4.78 is 10.6. The second-order valence-electron chi connectivity index (χ2n) is 4.87. The number of methoxy groups -OCH3 is 2. The second kappa shape index (κ2) is 6.32. The first kappa shape index (κ1) is 14.8. The van der Waals surface area contributed by atoms with Crippen LogP contribution in [0.25, 0.3) is 0 Å². The van der Waals surface area contributed by atoms with E-state index in [0.717, 1.165) is 22.7 Å². The van der Waals surface area contributed by atoms with Gasteiger partial charge in [-0.2, -0.15) is 0 Å². The van der Waals surface area contributed by atoms with Gasteiger partial charge in [0.15, 0.2) is 0 Å². The maximum atomic E-state index is 12.3. The number of amides is 1. The second-order valence-corrected chi connectivity index (χ2v) is 5.94. The fraction of sp³-hybridized carbons (Fsp3) is 0.235. The van der Waals surface area contributed by atoms with Crippen molar-refractivity contribution in [3.63, 3.8) is 0 Å². The lowest BCUT2D eigenvalue weighted by Crippen LogP contribution is -2.27. The summed E-state index contributed by atoms with van der Waals surface area (Å²) in [4.78, 5) is 14.2. The van der Waals surface area contributed by atoms with Crippen LogP contribution in [-0.2, 0) is 4.79 Å². The van der Waals surface area contributed by atoms with Gasteiger partial charge in [-0.15, -0.1) is 11.8 Å². The van der Waals surface area contributed by atoms with E-state index in [9.17, 15) is 4.79 Å². The number of carbonyl (C=O) groups is 1. The molecule has 22 heavy (non-hydrogen) atoms. The Morgan fingerprint density at radius 2 is 1.77 bits per heavy atom. The van der Waals surface area contributed by atoms with E-state index < -0.39 is 0 Å². The van der Waals surface area contributed by atoms with E-state index in [0.29, 0.717) is 5.75 Å². The SMILES string of the molecule is COc1ccc(N2C(=O)CS[C@@H]2c2ccccc2OC)cc1. The largest absolute Gasteiger partial charge is 0.497 e. The van der Waals surface area contributed by atoms with Gasteiger partial charge in [-0.25, -0.2) is 0 Å². The van der Waals surface area contributed by atoms with Crippen LogP contribution in [0.2, 0.25) is 0 Å². The molecular weight excluding hydrogens is 298 g/mol. The van der Waals surface area contributed by atoms with Crippen molar-refractivity contribution in [2.75, 3.05) is 24.9 Å². The Bertz CT molecular complexity index is 672. The Kier molecular flexibility index (Phi) is 4.24. The molecule has 114 valence electrons. The lowest BCUT2D eigenvalue weighted by atomic mass is 10.1. The van der Waals surface area contributed by atoms with Crippen LogP contribution in [0.4, 0.5) is 5.69 Å². The average molecular weight is 315 g/mol. The monoisotopic (exact) mass is 315 g/mol. The minimum Gasteiger partial charge on any atom is -0.497 e. The van der Waals surface area contributed by atoms with Crippen LogP contribution in [0.15, 0.2) is 48.5 Å². The number of ether oxygens (including phenoxy) is 2. The molecule has 1 atom stereocenters. The topological polar surface area (TPSA) is 38.8 Å². The summed E-state index contributed by atoms with van der Waals surface area (Å²) in [5.74, 6) is 2.14. The zero-order valence-electron chi connectivity index (χ0n) is 12.5. The van der Waals surface area contributed by atoms with Gasteiger partial charge in [0.25, 0.3) is 0 Å². The van der Waals surface area contributed by atoms with Crippen molar-refractivity contribution < 1.29 is 14.3 Å². The fourth-order valence-corrected chi connectivity index (χ4v) is 3.75. The highest BCUT2D eigenvalue weighted by Crippen LogP contribution is 2.44. The Balaban J connectivity index is 1.98. The fourth-order valence-electron chi connectivity index (χ4n) is 2.55. The molecule has 1 aliphatic rings. The summed E-state index contributed by atoms with van der Waals surface area (Å²) in [6, 6.07) is 15.4. The lowest BCUT2D eigenvalue weighted by molar-refractivity contribution is -0.115. The number of para-hydroxylation sites is 1. The Morgan fingerprint density at radius 3 is 2.45 bits per heavy atom. The van der Waals surface area contributed by atoms with E-state index in [1.165, 1.54) is 0 Å². The smallest absolute Gasteiger partial charge is 0.238 e. The van der Waals surface area contributed by atoms with Crippen molar-refractivity contribution in [2.24, 2.45) is 0 Å². The number of hydrogen-bond donors (Lipinski definition) is 0. The van der Waals surface area contributed by atoms with Gasteiger partial charge >= 0.3 is 0 Å². The van der Waals surface area contributed by atoms with Gasteiger partial charge in [-0.3, -0.25) is 9.69 Å². The quantitative estimate of drug-likeness (QED) is 0.866. The van der Waals surface area contributed by atoms with Gasteiger partial charge in [-0.1, -0.05) is 18.2 Å². The van der Waals surface area contributed by atoms with Crippen molar-refractivity contribution in [1.29, 1.82) is 0 Å². The molecule has 2 aromatic rings. The van der Waals surface area contributed by atoms with Crippen LogP contribution < -0.4 is 14.4 Å². The zero-order chi connectivity index (χ0) is 15.5. The third-order valence-electron chi connectivity index (χ3n) is 3.62. The Labute approximate surface area is 134 Å². The summed E-state index contributed by atoms with van der Waals surface area (Å²) >= 11 is 1.61. The van der Waals surface area contributed by atoms with Crippen LogP contribution in [0.5, 0.6) is 11.5 Å². The molecular formula is C17H17NO3S. The zero-order valence-corrected chi connectivity index (χ0v) is 13.3. The normalized spacial score (nSPS) is 17.6. The van der Waals surface area contributed by atoms with Crippen molar-refractivity contribution in [2.45, 2.75) is 5.37 Å². The van der Waals surface area contributed by atoms with Crippen LogP contribution in [0, 0.1) is 0 Å². The van der Waals surface area contributed by atoms with Crippen LogP contribution in [-0.4, -0.2) is 25.9 Å². The molecule has 1 fully saturated rings. The maximum Gasteiger partial charge on any atom is 0.238 e. The van der Waals surface area contributed by atoms with E-state index in [4.69, 9.17) is 9.47 Å². The highest BCUT2D eigenvalue weighted by atomic mass is 32.2. The maximum absolute atomic E-state index is 12.3. The third kappa shape index (κ3) is 2.64. The molecule has 0 N–H and O–H groups in total. The Hall–Kier alpha value is -2.14. The van der Waals surface area contributed by atoms with E-state index in [2.05, 4.69) is 0 Å². The van der Waals surface area contributed by atoms with Crippen molar-refractivity contribution >= 4 is 23.4 Å². The predicted octanol–water partition coefficient (Wildman–Crippen LogP) is 3.48. The summed E-state index contributed by atoms with van der Waals surface area (Å²) in [6.45, 7) is 0. The van der Waals surface area contributed by atoms with Crippen LogP contribution in [0.3, 0.4) is 0 Å². The molecule has 0 bridgehead atoms. The van der Waals surface area contributed by atoms with E-state index in [1.54, 1.807) is 26.0 Å². The standard InChI is InChI=1S/C17H17NO3S/c1-20-13-9-7-12(8-10-13)18-16(19)11-22-17(18)14-5-3-4-6-15(14)21-2/h3-10,17H,11H2,1-2H3/t17-/m1/s1. The van der Waals surface area contributed by atoms with Gasteiger partial charge < -0.3 is 9.47 Å². The molecule has 4 nitrogen and oxygen atoms in total. The van der Waals surface area contributed by atoms with E-state index >= 15 is 0 Å². The highest BCUT2D eigenvalue weighted by Gasteiger charge is 2.35. The molecule has 1 heterocycles. The average Bonchev–Trinajstić information content (AvgIpc) is 2.96. The molecule has 1 saturated heterocycles. The predicted molar refractivity (Wildman–Crippen MR) is 88.7 cm³/mol. The number of rotatable bonds is 4. The lowest BCUT2D eigenvalue weighted by Gasteiger charge is -2.25. The third-order valence-corrected chi connectivity index (χ3v) is 4.82. The minimum atomic E-state index is -0.0722. The number of nitrogens with zero attached hydrogens (tertiary/aromatic N) is 1. The molecule has 3 rings (SSSR count). The summed E-state index contributed by atoms with van der Waals surface area (Å²) in [5.41, 5.74) is 1.88. The molecule has 0 saturated carbocycles. The van der Waals surface area contributed by atoms with Crippen LogP contribution >= 0.6 is 11.8 Å². The van der Waals surface area contributed by atoms with E-state index in [-0.39, 0.29) is 11.3 Å². The van der Waals surface area contributed by atoms with Gasteiger partial charge in [0.1, 0.15) is 16.9 Å². The highest BCUT2D eigenvalue weighted by molar-refractivity contribution is 8.00. The van der Waals surface area contributed by atoms with Crippen LogP contribution in [0.1, 0.15) is 10.9 Å². The molecule has 0 radical (unpaired) electrons. The summed E-state index contributed by atoms with van der Waals surface area (Å²) in [7, 11) is 3.28. The first-order valence-corrected chi connectivity index (χ1v) is 8.00. The Morgan fingerprint density at radius 1 is 1.05 bits per heavy atom. The van der Waals surface area contributed by atoms with Gasteiger partial charge in [0.05, 0.1) is 20.0 Å². The molecule has 0 unspecified atom stereocenters. The number of hydrogen-bond acceptors (Lipinski definition) is 4. The number of thioether (sulfide) groups is 1. The molecule has 0 aromatic heterocycles. The number of benzene rings is 2. The molecule has 1 aliphatic heterocycles. The summed E-state index contributed by atoms with van der Waals surface area (Å²) in [6.07, 6.45) is 0. The first-order valence-electron chi connectivity index (χ1n) is 6.95. The van der Waals surface area contributed by atoms with Crippen molar-refractivity contribution in [3.8, 4) is 11.5 Å². The minimum absolute atomic E-state index is 0.0722. The molecule has 2 aromatic carbocycles. The number of carbonyl (C=O) groups excluding carboxylic acids is 1. The molecule has 0 aliphatic carbocycles. The van der Waals surface area contributed by atoms with Crippen molar-refractivity contribution in [3.05, 3.63) is 54.1 Å².